The van der Waals surface area contributed by atoms with E-state index in [9.17, 15) is 19.6 Å². The number of nitrogens with one attached hydrogen (secondary N) is 1. The standard InChI is InChI=1S/C26H20ClFN6O2/c1-13-8-16(14(2)30-19-6-7-22(27)32-24(19)26(35)36)23-20(9-13)31-21(10-29)25(33-23)34-11-15-4-3-5-18(28)17(15)12-34/h3-9,14,30H,11-12H2,1-2H3,(H,35,36)/t14-/m1/s1. The molecule has 1 atom stereocenters. The molecule has 180 valence electrons. The lowest BCUT2D eigenvalue weighted by Gasteiger charge is -2.21. The number of hydrogen-bond acceptors (Lipinski definition) is 7. The summed E-state index contributed by atoms with van der Waals surface area (Å²) in [6, 6.07) is 13.5. The summed E-state index contributed by atoms with van der Waals surface area (Å²) in [5, 5.41) is 22.6. The molecule has 0 bridgehead atoms. The molecule has 5 rings (SSSR count). The molecule has 3 heterocycles. The number of hydrogen-bond donors (Lipinski definition) is 2. The van der Waals surface area contributed by atoms with Crippen LogP contribution >= 0.6 is 11.6 Å². The van der Waals surface area contributed by atoms with E-state index in [2.05, 4.69) is 21.4 Å². The molecular weight excluding hydrogens is 483 g/mol. The number of carboxylic acids is 1. The SMILES string of the molecule is Cc1cc([C@@H](C)Nc2ccc(Cl)nc2C(=O)O)c2nc(N3Cc4cccc(F)c4C3)c(C#N)nc2c1. The van der Waals surface area contributed by atoms with E-state index in [0.717, 1.165) is 16.7 Å². The van der Waals surface area contributed by atoms with E-state index in [1.54, 1.807) is 12.1 Å². The van der Waals surface area contributed by atoms with Crippen LogP contribution in [0.1, 0.15) is 51.4 Å². The molecule has 10 heteroatoms. The number of carbonyl (C=O) groups is 1. The van der Waals surface area contributed by atoms with Gasteiger partial charge in [0.1, 0.15) is 17.0 Å². The number of aryl methyl sites for hydroxylation is 1. The zero-order chi connectivity index (χ0) is 25.6. The van der Waals surface area contributed by atoms with E-state index >= 15 is 0 Å². The molecule has 0 amide bonds. The van der Waals surface area contributed by atoms with E-state index in [1.165, 1.54) is 12.1 Å². The summed E-state index contributed by atoms with van der Waals surface area (Å²) in [6.07, 6.45) is 0. The smallest absolute Gasteiger partial charge is 0.356 e. The summed E-state index contributed by atoms with van der Waals surface area (Å²) in [7, 11) is 0. The first-order valence-corrected chi connectivity index (χ1v) is 11.5. The van der Waals surface area contributed by atoms with Gasteiger partial charge in [0.15, 0.2) is 17.2 Å². The largest absolute Gasteiger partial charge is 0.476 e. The van der Waals surface area contributed by atoms with Gasteiger partial charge in [-0.25, -0.2) is 24.1 Å². The number of aromatic nitrogens is 3. The molecular formula is C26H20ClFN6O2. The molecule has 0 saturated carbocycles. The number of fused-ring (bicyclic) bond motifs is 2. The number of carboxylic acid groups (broad SMARTS) is 1. The van der Waals surface area contributed by atoms with Gasteiger partial charge >= 0.3 is 5.97 Å². The van der Waals surface area contributed by atoms with Gasteiger partial charge in [0, 0.05) is 24.2 Å². The first-order valence-electron chi connectivity index (χ1n) is 11.1. The zero-order valence-electron chi connectivity index (χ0n) is 19.4. The summed E-state index contributed by atoms with van der Waals surface area (Å²) in [4.78, 5) is 26.9. The molecule has 8 nitrogen and oxygen atoms in total. The normalized spacial score (nSPS) is 13.4. The van der Waals surface area contributed by atoms with Gasteiger partial charge in [-0.2, -0.15) is 5.26 Å². The van der Waals surface area contributed by atoms with Gasteiger partial charge < -0.3 is 15.3 Å². The number of pyridine rings is 1. The van der Waals surface area contributed by atoms with Crippen LogP contribution in [0.5, 0.6) is 0 Å². The number of rotatable bonds is 5. The average Bonchev–Trinajstić information content (AvgIpc) is 3.29. The van der Waals surface area contributed by atoms with Crippen molar-refractivity contribution >= 4 is 40.1 Å². The van der Waals surface area contributed by atoms with Gasteiger partial charge in [-0.3, -0.25) is 0 Å². The molecule has 0 aliphatic carbocycles. The van der Waals surface area contributed by atoms with Crippen LogP contribution in [0.2, 0.25) is 5.15 Å². The fraction of sp³-hybridized carbons (Fsp3) is 0.192. The lowest BCUT2D eigenvalue weighted by atomic mass is 10.0. The maximum atomic E-state index is 14.4. The Hall–Kier alpha value is -4.29. The number of benzene rings is 2. The van der Waals surface area contributed by atoms with Crippen molar-refractivity contribution in [2.45, 2.75) is 33.0 Å². The van der Waals surface area contributed by atoms with E-state index in [-0.39, 0.29) is 28.9 Å². The van der Waals surface area contributed by atoms with Crippen LogP contribution in [-0.4, -0.2) is 26.0 Å². The molecule has 4 aromatic rings. The summed E-state index contributed by atoms with van der Waals surface area (Å²) < 4.78 is 14.4. The van der Waals surface area contributed by atoms with Gasteiger partial charge in [0.05, 0.1) is 22.8 Å². The third-order valence-electron chi connectivity index (χ3n) is 6.16. The summed E-state index contributed by atoms with van der Waals surface area (Å²) in [6.45, 7) is 4.47. The molecule has 2 aromatic carbocycles. The van der Waals surface area contributed by atoms with Gasteiger partial charge in [-0.1, -0.05) is 29.8 Å². The number of aromatic carboxylic acids is 1. The highest BCUT2D eigenvalue weighted by Crippen LogP contribution is 2.34. The fourth-order valence-electron chi connectivity index (χ4n) is 4.51. The van der Waals surface area contributed by atoms with E-state index < -0.39 is 12.0 Å². The fourth-order valence-corrected chi connectivity index (χ4v) is 4.65. The molecule has 1 aliphatic heterocycles. The lowest BCUT2D eigenvalue weighted by Crippen LogP contribution is -2.19. The van der Waals surface area contributed by atoms with Gasteiger partial charge in [-0.15, -0.1) is 0 Å². The van der Waals surface area contributed by atoms with Gasteiger partial charge in [0.2, 0.25) is 0 Å². The molecule has 0 spiro atoms. The molecule has 2 N–H and O–H groups in total. The van der Waals surface area contributed by atoms with Crippen molar-refractivity contribution in [2.24, 2.45) is 0 Å². The Bertz CT molecular complexity index is 1590. The van der Waals surface area contributed by atoms with Crippen molar-refractivity contribution in [3.8, 4) is 6.07 Å². The molecule has 0 radical (unpaired) electrons. The number of halogens is 2. The van der Waals surface area contributed by atoms with Crippen molar-refractivity contribution in [2.75, 3.05) is 10.2 Å². The zero-order valence-corrected chi connectivity index (χ0v) is 20.1. The first kappa shape index (κ1) is 23.5. The van der Waals surface area contributed by atoms with E-state index in [1.807, 2.05) is 36.9 Å². The van der Waals surface area contributed by atoms with Crippen molar-refractivity contribution in [1.82, 2.24) is 15.0 Å². The Labute approximate surface area is 211 Å². The Balaban J connectivity index is 1.59. The Morgan fingerprint density at radius 1 is 1.22 bits per heavy atom. The number of nitrogens with zero attached hydrogens (tertiary/aromatic N) is 5. The molecule has 0 saturated heterocycles. The van der Waals surface area contributed by atoms with Crippen molar-refractivity contribution in [3.63, 3.8) is 0 Å². The summed E-state index contributed by atoms with van der Waals surface area (Å²) >= 11 is 5.89. The minimum absolute atomic E-state index is 0.0780. The molecule has 0 fully saturated rings. The Morgan fingerprint density at radius 3 is 2.75 bits per heavy atom. The van der Waals surface area contributed by atoms with Crippen molar-refractivity contribution in [3.05, 3.63) is 87.1 Å². The second kappa shape index (κ2) is 9.06. The third kappa shape index (κ3) is 4.16. The van der Waals surface area contributed by atoms with Crippen LogP contribution in [-0.2, 0) is 13.1 Å². The molecule has 36 heavy (non-hydrogen) atoms. The minimum atomic E-state index is -1.21. The van der Waals surface area contributed by atoms with E-state index in [0.29, 0.717) is 34.6 Å². The maximum Gasteiger partial charge on any atom is 0.356 e. The minimum Gasteiger partial charge on any atom is -0.476 e. The second-order valence-electron chi connectivity index (χ2n) is 8.66. The van der Waals surface area contributed by atoms with Crippen LogP contribution in [0.25, 0.3) is 11.0 Å². The predicted molar refractivity (Wildman–Crippen MR) is 134 cm³/mol. The Morgan fingerprint density at radius 2 is 2.03 bits per heavy atom. The molecule has 0 unspecified atom stereocenters. The van der Waals surface area contributed by atoms with Crippen molar-refractivity contribution < 1.29 is 14.3 Å². The van der Waals surface area contributed by atoms with Crippen LogP contribution in [0.3, 0.4) is 0 Å². The highest BCUT2D eigenvalue weighted by molar-refractivity contribution is 6.29. The van der Waals surface area contributed by atoms with Crippen LogP contribution in [0, 0.1) is 24.1 Å². The maximum absolute atomic E-state index is 14.4. The van der Waals surface area contributed by atoms with Gasteiger partial charge in [0.25, 0.3) is 0 Å². The lowest BCUT2D eigenvalue weighted by molar-refractivity contribution is 0.0691. The van der Waals surface area contributed by atoms with E-state index in [4.69, 9.17) is 16.6 Å². The number of anilines is 2. The third-order valence-corrected chi connectivity index (χ3v) is 6.37. The Kier molecular flexibility index (Phi) is 5.90. The topological polar surface area (TPSA) is 115 Å². The highest BCUT2D eigenvalue weighted by Gasteiger charge is 2.27. The summed E-state index contributed by atoms with van der Waals surface area (Å²) in [5.74, 6) is -1.12. The first-order chi connectivity index (χ1) is 17.2. The van der Waals surface area contributed by atoms with Crippen molar-refractivity contribution in [1.29, 1.82) is 5.26 Å². The highest BCUT2D eigenvalue weighted by atomic mass is 35.5. The monoisotopic (exact) mass is 502 g/mol. The average molecular weight is 503 g/mol. The van der Waals surface area contributed by atoms with Crippen LogP contribution in [0.4, 0.5) is 15.9 Å². The van der Waals surface area contributed by atoms with Crippen LogP contribution in [0.15, 0.2) is 42.5 Å². The molecule has 1 aliphatic rings. The van der Waals surface area contributed by atoms with Gasteiger partial charge in [-0.05, 0) is 49.2 Å². The quantitative estimate of drug-likeness (QED) is 0.349. The molecule has 2 aromatic heterocycles. The van der Waals surface area contributed by atoms with Crippen LogP contribution < -0.4 is 10.2 Å². The predicted octanol–water partition coefficient (Wildman–Crippen LogP) is 5.39. The second-order valence-corrected chi connectivity index (χ2v) is 9.05. The number of nitriles is 1. The summed E-state index contributed by atoms with van der Waals surface area (Å²) in [5.41, 5.74) is 4.46.